The first kappa shape index (κ1) is 14.0. The van der Waals surface area contributed by atoms with E-state index in [1.54, 1.807) is 0 Å². The number of hydrogen-bond donors (Lipinski definition) is 2. The van der Waals surface area contributed by atoms with Crippen LogP contribution in [0.15, 0.2) is 39.9 Å². The summed E-state index contributed by atoms with van der Waals surface area (Å²) in [7, 11) is 1.34. The lowest BCUT2D eigenvalue weighted by atomic mass is 10.0. The molecular formula is C15H10F2N2O3. The molecule has 0 unspecified atom stereocenters. The fourth-order valence-corrected chi connectivity index (χ4v) is 2.33. The van der Waals surface area contributed by atoms with E-state index >= 15 is 0 Å². The quantitative estimate of drug-likeness (QED) is 0.762. The number of nitrogens with one attached hydrogen (secondary N) is 2. The van der Waals surface area contributed by atoms with Gasteiger partial charge >= 0.3 is 5.69 Å². The second kappa shape index (κ2) is 5.10. The van der Waals surface area contributed by atoms with E-state index in [-0.39, 0.29) is 27.8 Å². The van der Waals surface area contributed by atoms with Crippen LogP contribution in [0.1, 0.15) is 0 Å². The summed E-state index contributed by atoms with van der Waals surface area (Å²) in [6, 6.07) is 6.67. The van der Waals surface area contributed by atoms with Crippen LogP contribution in [0.5, 0.6) is 5.75 Å². The van der Waals surface area contributed by atoms with Crippen molar-refractivity contribution in [2.75, 3.05) is 7.11 Å². The molecule has 112 valence electrons. The van der Waals surface area contributed by atoms with Crippen molar-refractivity contribution in [2.24, 2.45) is 0 Å². The molecule has 0 saturated carbocycles. The lowest BCUT2D eigenvalue weighted by Gasteiger charge is -2.11. The maximum atomic E-state index is 14.7. The lowest BCUT2D eigenvalue weighted by Crippen LogP contribution is -2.22. The van der Waals surface area contributed by atoms with Crippen LogP contribution in [0.3, 0.4) is 0 Å². The van der Waals surface area contributed by atoms with Gasteiger partial charge in [-0.2, -0.15) is 0 Å². The molecule has 0 aliphatic carbocycles. The largest absolute Gasteiger partial charge is 0.496 e. The number of halogens is 2. The van der Waals surface area contributed by atoms with Crippen LogP contribution < -0.4 is 16.0 Å². The molecule has 3 aromatic rings. The molecule has 0 radical (unpaired) electrons. The Hall–Kier alpha value is -2.96. The highest BCUT2D eigenvalue weighted by Crippen LogP contribution is 2.35. The van der Waals surface area contributed by atoms with Gasteiger partial charge in [0.25, 0.3) is 5.56 Å². The molecule has 0 fully saturated rings. The molecule has 7 heteroatoms. The highest BCUT2D eigenvalue weighted by Gasteiger charge is 2.18. The van der Waals surface area contributed by atoms with E-state index in [1.165, 1.54) is 37.4 Å². The summed E-state index contributed by atoms with van der Waals surface area (Å²) in [5.41, 5.74) is -2.02. The van der Waals surface area contributed by atoms with Crippen LogP contribution in [0.25, 0.3) is 22.0 Å². The minimum Gasteiger partial charge on any atom is -0.496 e. The molecule has 0 spiro atoms. The molecule has 5 nitrogen and oxygen atoms in total. The Bertz CT molecular complexity index is 992. The first-order chi connectivity index (χ1) is 10.5. The first-order valence-corrected chi connectivity index (χ1v) is 6.30. The standard InChI is InChI=1S/C15H10F2N2O3/c1-22-10-4-2-3-9(16)11(10)7-5-6-8-13(12(7)17)18-15(21)19-14(8)20/h2-6H,1H3,(H2,18,19,20,21). The van der Waals surface area contributed by atoms with Gasteiger partial charge in [0.1, 0.15) is 11.6 Å². The summed E-state index contributed by atoms with van der Waals surface area (Å²) in [4.78, 5) is 27.2. The number of rotatable bonds is 2. The second-order valence-electron chi connectivity index (χ2n) is 4.58. The fourth-order valence-electron chi connectivity index (χ4n) is 2.33. The van der Waals surface area contributed by atoms with E-state index in [9.17, 15) is 18.4 Å². The van der Waals surface area contributed by atoms with Crippen LogP contribution in [0.4, 0.5) is 8.78 Å². The Morgan fingerprint density at radius 1 is 1.05 bits per heavy atom. The van der Waals surface area contributed by atoms with Crippen molar-refractivity contribution >= 4 is 10.9 Å². The van der Waals surface area contributed by atoms with Gasteiger partial charge < -0.3 is 9.72 Å². The highest BCUT2D eigenvalue weighted by molar-refractivity contribution is 5.85. The van der Waals surface area contributed by atoms with Gasteiger partial charge in [-0.1, -0.05) is 12.1 Å². The number of ether oxygens (including phenoxy) is 1. The van der Waals surface area contributed by atoms with Crippen LogP contribution in [0, 0.1) is 11.6 Å². The molecule has 0 amide bonds. The molecule has 22 heavy (non-hydrogen) atoms. The molecule has 1 heterocycles. The summed E-state index contributed by atoms with van der Waals surface area (Å²) >= 11 is 0. The summed E-state index contributed by atoms with van der Waals surface area (Å²) in [6.45, 7) is 0. The van der Waals surface area contributed by atoms with E-state index in [0.29, 0.717) is 0 Å². The molecule has 0 bridgehead atoms. The first-order valence-electron chi connectivity index (χ1n) is 6.30. The zero-order chi connectivity index (χ0) is 15.9. The van der Waals surface area contributed by atoms with Crippen LogP contribution in [-0.2, 0) is 0 Å². The normalized spacial score (nSPS) is 10.9. The third-order valence-electron chi connectivity index (χ3n) is 3.32. The number of aromatic nitrogens is 2. The molecule has 0 saturated heterocycles. The molecular weight excluding hydrogens is 294 g/mol. The van der Waals surface area contributed by atoms with E-state index in [0.717, 1.165) is 0 Å². The number of methoxy groups -OCH3 is 1. The van der Waals surface area contributed by atoms with Crippen molar-refractivity contribution in [1.29, 1.82) is 0 Å². The Labute approximate surface area is 122 Å². The zero-order valence-electron chi connectivity index (χ0n) is 11.4. The third-order valence-corrected chi connectivity index (χ3v) is 3.32. The number of benzene rings is 2. The number of fused-ring (bicyclic) bond motifs is 1. The van der Waals surface area contributed by atoms with E-state index in [1.807, 2.05) is 4.98 Å². The Morgan fingerprint density at radius 2 is 1.82 bits per heavy atom. The average molecular weight is 304 g/mol. The molecule has 3 rings (SSSR count). The predicted molar refractivity (Wildman–Crippen MR) is 77.1 cm³/mol. The fraction of sp³-hybridized carbons (Fsp3) is 0.0667. The average Bonchev–Trinajstić information content (AvgIpc) is 2.48. The lowest BCUT2D eigenvalue weighted by molar-refractivity contribution is 0.413. The van der Waals surface area contributed by atoms with Gasteiger partial charge in [-0.15, -0.1) is 0 Å². The number of H-pyrrole nitrogens is 2. The van der Waals surface area contributed by atoms with Gasteiger partial charge in [-0.25, -0.2) is 13.6 Å². The third kappa shape index (κ3) is 2.07. The van der Waals surface area contributed by atoms with Crippen molar-refractivity contribution in [3.05, 3.63) is 62.8 Å². The van der Waals surface area contributed by atoms with E-state index in [2.05, 4.69) is 4.98 Å². The molecule has 0 aliphatic rings. The van der Waals surface area contributed by atoms with Crippen LogP contribution >= 0.6 is 0 Å². The zero-order valence-corrected chi connectivity index (χ0v) is 11.4. The highest BCUT2D eigenvalue weighted by atomic mass is 19.1. The van der Waals surface area contributed by atoms with Crippen LogP contribution in [-0.4, -0.2) is 17.1 Å². The topological polar surface area (TPSA) is 75.0 Å². The van der Waals surface area contributed by atoms with E-state index in [4.69, 9.17) is 4.74 Å². The molecule has 2 aromatic carbocycles. The van der Waals surface area contributed by atoms with Gasteiger partial charge in [0, 0.05) is 5.56 Å². The Balaban J connectivity index is 2.42. The SMILES string of the molecule is COc1cccc(F)c1-c1ccc2c(=O)[nH]c(=O)[nH]c2c1F. The van der Waals surface area contributed by atoms with Gasteiger partial charge in [0.15, 0.2) is 5.82 Å². The Kier molecular flexibility index (Phi) is 3.25. The van der Waals surface area contributed by atoms with Crippen molar-refractivity contribution in [3.8, 4) is 16.9 Å². The van der Waals surface area contributed by atoms with Gasteiger partial charge in [0.05, 0.1) is 23.6 Å². The molecule has 0 atom stereocenters. The van der Waals surface area contributed by atoms with Crippen molar-refractivity contribution in [1.82, 2.24) is 9.97 Å². The second-order valence-corrected chi connectivity index (χ2v) is 4.58. The van der Waals surface area contributed by atoms with Gasteiger partial charge in [-0.3, -0.25) is 9.78 Å². The smallest absolute Gasteiger partial charge is 0.326 e. The van der Waals surface area contributed by atoms with Crippen LogP contribution in [0.2, 0.25) is 0 Å². The van der Waals surface area contributed by atoms with E-state index < -0.39 is 22.9 Å². The molecule has 0 aliphatic heterocycles. The minimum absolute atomic E-state index is 0.0313. The summed E-state index contributed by atoms with van der Waals surface area (Å²) in [6.07, 6.45) is 0. The van der Waals surface area contributed by atoms with Gasteiger partial charge in [-0.05, 0) is 18.2 Å². The summed E-state index contributed by atoms with van der Waals surface area (Å²) in [5.74, 6) is -1.43. The van der Waals surface area contributed by atoms with Crippen molar-refractivity contribution in [3.63, 3.8) is 0 Å². The summed E-state index contributed by atoms with van der Waals surface area (Å²) in [5, 5.41) is -0.0313. The molecule has 1 aromatic heterocycles. The predicted octanol–water partition coefficient (Wildman–Crippen LogP) is 2.17. The van der Waals surface area contributed by atoms with Crippen molar-refractivity contribution < 1.29 is 13.5 Å². The maximum absolute atomic E-state index is 14.7. The Morgan fingerprint density at radius 3 is 2.55 bits per heavy atom. The minimum atomic E-state index is -0.899. The maximum Gasteiger partial charge on any atom is 0.326 e. The van der Waals surface area contributed by atoms with Crippen molar-refractivity contribution in [2.45, 2.75) is 0 Å². The number of aromatic amines is 2. The number of hydrogen-bond acceptors (Lipinski definition) is 3. The summed E-state index contributed by atoms with van der Waals surface area (Å²) < 4.78 is 33.8. The monoisotopic (exact) mass is 304 g/mol. The van der Waals surface area contributed by atoms with Gasteiger partial charge in [0.2, 0.25) is 0 Å². The molecule has 2 N–H and O–H groups in total.